The molecule has 0 atom stereocenters. The minimum absolute atomic E-state index is 0.101. The average Bonchev–Trinajstić information content (AvgIpc) is 2.31. The monoisotopic (exact) mass is 264 g/mol. The molecule has 5 heteroatoms. The molecular weight excluding hydrogens is 252 g/mol. The first-order valence-electron chi connectivity index (χ1n) is 5.28. The highest BCUT2D eigenvalue weighted by Gasteiger charge is 2.16. The maximum atomic E-state index is 11.2. The predicted octanol–water partition coefficient (Wildman–Crippen LogP) is 3.03. The lowest BCUT2D eigenvalue weighted by Gasteiger charge is -2.09. The van der Waals surface area contributed by atoms with Crippen LogP contribution in [0.15, 0.2) is 53.4 Å². The quantitative estimate of drug-likeness (QED) is 0.865. The molecule has 0 bridgehead atoms. The molecule has 0 amide bonds. The van der Waals surface area contributed by atoms with E-state index in [4.69, 9.17) is 9.29 Å². The van der Waals surface area contributed by atoms with E-state index >= 15 is 0 Å². The van der Waals surface area contributed by atoms with E-state index in [-0.39, 0.29) is 10.6 Å². The van der Waals surface area contributed by atoms with Crippen LogP contribution >= 0.6 is 0 Å². The van der Waals surface area contributed by atoms with Crippen LogP contribution < -0.4 is 4.74 Å². The smallest absolute Gasteiger partial charge is 0.298 e. The summed E-state index contributed by atoms with van der Waals surface area (Å²) >= 11 is 0. The Morgan fingerprint density at radius 2 is 1.61 bits per heavy atom. The van der Waals surface area contributed by atoms with Gasteiger partial charge in [-0.2, -0.15) is 8.42 Å². The first-order valence-corrected chi connectivity index (χ1v) is 6.72. The van der Waals surface area contributed by atoms with E-state index in [0.717, 1.165) is 5.56 Å². The number of ether oxygens (including phenoxy) is 1. The van der Waals surface area contributed by atoms with Gasteiger partial charge in [-0.05, 0) is 31.2 Å². The second kappa shape index (κ2) is 4.80. The van der Waals surface area contributed by atoms with Crippen molar-refractivity contribution in [3.63, 3.8) is 0 Å². The van der Waals surface area contributed by atoms with Crippen molar-refractivity contribution in [2.75, 3.05) is 0 Å². The van der Waals surface area contributed by atoms with E-state index in [0.29, 0.717) is 5.75 Å². The van der Waals surface area contributed by atoms with Crippen molar-refractivity contribution in [3.05, 3.63) is 54.1 Å². The van der Waals surface area contributed by atoms with Crippen molar-refractivity contribution < 1.29 is 17.7 Å². The van der Waals surface area contributed by atoms with Crippen LogP contribution in [0.4, 0.5) is 0 Å². The Balaban J connectivity index is 2.38. The van der Waals surface area contributed by atoms with E-state index in [1.165, 1.54) is 18.2 Å². The summed E-state index contributed by atoms with van der Waals surface area (Å²) in [6.45, 7) is 1.94. The van der Waals surface area contributed by atoms with E-state index < -0.39 is 10.1 Å². The van der Waals surface area contributed by atoms with Gasteiger partial charge in [-0.15, -0.1) is 0 Å². The third-order valence-electron chi connectivity index (χ3n) is 2.38. The molecule has 0 heterocycles. The predicted molar refractivity (Wildman–Crippen MR) is 67.5 cm³/mol. The summed E-state index contributed by atoms with van der Waals surface area (Å²) in [6, 6.07) is 13.1. The van der Waals surface area contributed by atoms with Gasteiger partial charge in [0.1, 0.15) is 16.4 Å². The molecule has 0 unspecified atom stereocenters. The fourth-order valence-electron chi connectivity index (χ4n) is 1.48. The van der Waals surface area contributed by atoms with Gasteiger partial charge in [0.15, 0.2) is 0 Å². The molecular formula is C13H12O4S. The molecule has 4 nitrogen and oxygen atoms in total. The highest BCUT2D eigenvalue weighted by atomic mass is 32.2. The molecule has 0 saturated heterocycles. The van der Waals surface area contributed by atoms with Crippen molar-refractivity contribution >= 4 is 10.1 Å². The minimum Gasteiger partial charge on any atom is -0.456 e. The van der Waals surface area contributed by atoms with E-state index in [9.17, 15) is 8.42 Å². The maximum Gasteiger partial charge on any atom is 0.298 e. The van der Waals surface area contributed by atoms with Crippen molar-refractivity contribution in [2.45, 2.75) is 11.8 Å². The van der Waals surface area contributed by atoms with Crippen LogP contribution in [0.1, 0.15) is 5.56 Å². The number of rotatable bonds is 3. The summed E-state index contributed by atoms with van der Waals surface area (Å²) in [5, 5.41) is 0. The lowest BCUT2D eigenvalue weighted by molar-refractivity contribution is 0.450. The maximum absolute atomic E-state index is 11.2. The van der Waals surface area contributed by atoms with Gasteiger partial charge < -0.3 is 4.74 Å². The molecule has 0 aliphatic carbocycles. The number of aryl methyl sites for hydroxylation is 1. The zero-order valence-electron chi connectivity index (χ0n) is 9.70. The van der Waals surface area contributed by atoms with Gasteiger partial charge in [-0.25, -0.2) is 0 Å². The van der Waals surface area contributed by atoms with Crippen LogP contribution in [0.5, 0.6) is 11.5 Å². The zero-order chi connectivity index (χ0) is 13.2. The highest BCUT2D eigenvalue weighted by Crippen LogP contribution is 2.28. The Hall–Kier alpha value is -1.85. The van der Waals surface area contributed by atoms with Crippen molar-refractivity contribution in [2.24, 2.45) is 0 Å². The second-order valence-corrected chi connectivity index (χ2v) is 5.23. The molecule has 0 fully saturated rings. The summed E-state index contributed by atoms with van der Waals surface area (Å²) in [5.41, 5.74) is 1.07. The molecule has 0 radical (unpaired) electrons. The van der Waals surface area contributed by atoms with Gasteiger partial charge in [0.05, 0.1) is 0 Å². The SMILES string of the molecule is Cc1ccc(Oc2ccccc2S(=O)(=O)O)cc1. The van der Waals surface area contributed by atoms with Crippen molar-refractivity contribution in [3.8, 4) is 11.5 Å². The Morgan fingerprint density at radius 3 is 2.22 bits per heavy atom. The van der Waals surface area contributed by atoms with Gasteiger partial charge in [-0.3, -0.25) is 4.55 Å². The molecule has 2 rings (SSSR count). The van der Waals surface area contributed by atoms with Gasteiger partial charge in [-0.1, -0.05) is 29.8 Å². The third kappa shape index (κ3) is 2.88. The fraction of sp³-hybridized carbons (Fsp3) is 0.0769. The normalized spacial score (nSPS) is 11.2. The third-order valence-corrected chi connectivity index (χ3v) is 3.27. The lowest BCUT2D eigenvalue weighted by atomic mass is 10.2. The number of para-hydroxylation sites is 1. The Morgan fingerprint density at radius 1 is 1.00 bits per heavy atom. The first kappa shape index (κ1) is 12.6. The fourth-order valence-corrected chi connectivity index (χ4v) is 2.10. The van der Waals surface area contributed by atoms with Crippen LogP contribution in [-0.4, -0.2) is 13.0 Å². The summed E-state index contributed by atoms with van der Waals surface area (Å²) in [6.07, 6.45) is 0. The van der Waals surface area contributed by atoms with Gasteiger partial charge in [0.2, 0.25) is 0 Å². The number of benzene rings is 2. The molecule has 0 saturated carbocycles. The van der Waals surface area contributed by atoms with E-state index in [1.54, 1.807) is 18.2 Å². The van der Waals surface area contributed by atoms with Crippen LogP contribution in [0.3, 0.4) is 0 Å². The molecule has 2 aromatic rings. The number of hydrogen-bond acceptors (Lipinski definition) is 3. The lowest BCUT2D eigenvalue weighted by Crippen LogP contribution is -2.00. The van der Waals surface area contributed by atoms with Crippen LogP contribution in [0.25, 0.3) is 0 Å². The summed E-state index contributed by atoms with van der Waals surface area (Å²) < 4.78 is 36.9. The van der Waals surface area contributed by atoms with Crippen molar-refractivity contribution in [1.29, 1.82) is 0 Å². The van der Waals surface area contributed by atoms with Crippen molar-refractivity contribution in [1.82, 2.24) is 0 Å². The molecule has 18 heavy (non-hydrogen) atoms. The average molecular weight is 264 g/mol. The second-order valence-electron chi connectivity index (χ2n) is 3.84. The molecule has 0 aromatic heterocycles. The van der Waals surface area contributed by atoms with Gasteiger partial charge >= 0.3 is 0 Å². The topological polar surface area (TPSA) is 63.6 Å². The number of hydrogen-bond donors (Lipinski definition) is 1. The summed E-state index contributed by atoms with van der Waals surface area (Å²) in [4.78, 5) is -0.245. The summed E-state index contributed by atoms with van der Waals surface area (Å²) in [5.74, 6) is 0.612. The van der Waals surface area contributed by atoms with E-state index in [1.807, 2.05) is 19.1 Å². The molecule has 0 aliphatic rings. The molecule has 0 aliphatic heterocycles. The first-order chi connectivity index (χ1) is 8.47. The Kier molecular flexibility index (Phi) is 3.36. The summed E-state index contributed by atoms with van der Waals surface area (Å²) in [7, 11) is -4.29. The highest BCUT2D eigenvalue weighted by molar-refractivity contribution is 7.86. The Labute approximate surface area is 106 Å². The van der Waals surface area contributed by atoms with Crippen LogP contribution in [0.2, 0.25) is 0 Å². The van der Waals surface area contributed by atoms with E-state index in [2.05, 4.69) is 0 Å². The van der Waals surface area contributed by atoms with Gasteiger partial charge in [0.25, 0.3) is 10.1 Å². The molecule has 0 spiro atoms. The minimum atomic E-state index is -4.29. The standard InChI is InChI=1S/C13H12O4S/c1-10-6-8-11(9-7-10)17-12-4-2-3-5-13(12)18(14,15)16/h2-9H,1H3,(H,14,15,16). The molecule has 2 aromatic carbocycles. The zero-order valence-corrected chi connectivity index (χ0v) is 10.5. The molecule has 1 N–H and O–H groups in total. The van der Waals surface area contributed by atoms with Crippen LogP contribution in [0, 0.1) is 6.92 Å². The van der Waals surface area contributed by atoms with Crippen LogP contribution in [-0.2, 0) is 10.1 Å². The molecule has 94 valence electrons. The largest absolute Gasteiger partial charge is 0.456 e. The Bertz CT molecular complexity index is 645. The van der Waals surface area contributed by atoms with Gasteiger partial charge in [0, 0.05) is 0 Å².